The Morgan fingerprint density at radius 3 is 1.65 bits per heavy atom. The van der Waals surface area contributed by atoms with Crippen molar-refractivity contribution >= 4 is 23.2 Å². The molecule has 6 heteroatoms. The van der Waals surface area contributed by atoms with Crippen LogP contribution >= 0.6 is 23.2 Å². The highest BCUT2D eigenvalue weighted by Crippen LogP contribution is 2.21. The Balaban J connectivity index is 1.55. The van der Waals surface area contributed by atoms with Crippen molar-refractivity contribution < 1.29 is 18.9 Å². The second kappa shape index (κ2) is 7.12. The van der Waals surface area contributed by atoms with E-state index >= 15 is 0 Å². The first-order valence-corrected chi connectivity index (χ1v) is 7.04. The zero-order chi connectivity index (χ0) is 12.1. The summed E-state index contributed by atoms with van der Waals surface area (Å²) in [5, 5.41) is 0. The first-order valence-electron chi connectivity index (χ1n) is 5.98. The van der Waals surface area contributed by atoms with Gasteiger partial charge in [-0.15, -0.1) is 23.2 Å². The summed E-state index contributed by atoms with van der Waals surface area (Å²) in [4.78, 5) is 0. The van der Waals surface area contributed by atoms with Gasteiger partial charge in [-0.1, -0.05) is 0 Å². The van der Waals surface area contributed by atoms with Crippen LogP contribution in [0.25, 0.3) is 0 Å². The van der Waals surface area contributed by atoms with Crippen LogP contribution < -0.4 is 0 Å². The topological polar surface area (TPSA) is 36.9 Å². The van der Waals surface area contributed by atoms with Gasteiger partial charge in [-0.05, 0) is 19.3 Å². The van der Waals surface area contributed by atoms with Crippen molar-refractivity contribution in [2.45, 2.75) is 44.1 Å². The van der Waals surface area contributed by atoms with E-state index in [1.807, 2.05) is 0 Å². The Hall–Kier alpha value is 0.420. The quantitative estimate of drug-likeness (QED) is 0.700. The fraction of sp³-hybridized carbons (Fsp3) is 1.00. The van der Waals surface area contributed by atoms with Crippen LogP contribution in [0.3, 0.4) is 0 Å². The first-order chi connectivity index (χ1) is 8.31. The molecule has 0 spiro atoms. The summed E-state index contributed by atoms with van der Waals surface area (Å²) in [5.41, 5.74) is 0. The molecule has 4 nitrogen and oxygen atoms in total. The van der Waals surface area contributed by atoms with Crippen molar-refractivity contribution in [3.05, 3.63) is 0 Å². The van der Waals surface area contributed by atoms with Crippen LogP contribution in [0.1, 0.15) is 19.3 Å². The predicted octanol–water partition coefficient (Wildman–Crippen LogP) is 2.12. The van der Waals surface area contributed by atoms with Crippen LogP contribution in [0, 0.1) is 0 Å². The third-order valence-electron chi connectivity index (χ3n) is 2.85. The van der Waals surface area contributed by atoms with Gasteiger partial charge in [0.15, 0.2) is 12.6 Å². The summed E-state index contributed by atoms with van der Waals surface area (Å²) in [7, 11) is 0. The Labute approximate surface area is 111 Å². The van der Waals surface area contributed by atoms with Crippen LogP contribution in [0.15, 0.2) is 0 Å². The second-order valence-corrected chi connectivity index (χ2v) is 4.90. The number of hydrogen-bond donors (Lipinski definition) is 0. The van der Waals surface area contributed by atoms with Crippen LogP contribution in [0.4, 0.5) is 0 Å². The van der Waals surface area contributed by atoms with Gasteiger partial charge in [-0.2, -0.15) is 0 Å². The average molecular weight is 285 g/mol. The summed E-state index contributed by atoms with van der Waals surface area (Å²) in [6, 6.07) is 0. The Kier molecular flexibility index (Phi) is 5.80. The van der Waals surface area contributed by atoms with E-state index in [9.17, 15) is 0 Å². The zero-order valence-corrected chi connectivity index (χ0v) is 11.2. The highest BCUT2D eigenvalue weighted by molar-refractivity contribution is 6.18. The lowest BCUT2D eigenvalue weighted by atomic mass is 10.2. The summed E-state index contributed by atoms with van der Waals surface area (Å²) in [6.07, 6.45) is 2.49. The minimum Gasteiger partial charge on any atom is -0.350 e. The molecule has 17 heavy (non-hydrogen) atoms. The molecule has 100 valence electrons. The summed E-state index contributed by atoms with van der Waals surface area (Å²) < 4.78 is 22.0. The van der Waals surface area contributed by atoms with Gasteiger partial charge in [0.05, 0.1) is 37.2 Å². The van der Waals surface area contributed by atoms with Crippen molar-refractivity contribution in [2.24, 2.45) is 0 Å². The molecule has 0 aromatic heterocycles. The lowest BCUT2D eigenvalue weighted by molar-refractivity contribution is -0.0785. The molecule has 0 N–H and O–H groups in total. The zero-order valence-electron chi connectivity index (χ0n) is 9.65. The molecule has 0 aromatic rings. The summed E-state index contributed by atoms with van der Waals surface area (Å²) in [6.45, 7) is 1.19. The SMILES string of the molecule is ClCC1COC(CCCC2OCC(CCl)O2)O1. The largest absolute Gasteiger partial charge is 0.350 e. The van der Waals surface area contributed by atoms with Crippen molar-refractivity contribution in [1.29, 1.82) is 0 Å². The molecule has 0 aromatic carbocycles. The maximum Gasteiger partial charge on any atom is 0.158 e. The molecule has 2 aliphatic rings. The van der Waals surface area contributed by atoms with Crippen molar-refractivity contribution in [2.75, 3.05) is 25.0 Å². The van der Waals surface area contributed by atoms with Crippen molar-refractivity contribution in [3.8, 4) is 0 Å². The van der Waals surface area contributed by atoms with E-state index in [1.165, 1.54) is 0 Å². The maximum absolute atomic E-state index is 5.69. The molecule has 4 unspecified atom stereocenters. The van der Waals surface area contributed by atoms with Gasteiger partial charge in [0.25, 0.3) is 0 Å². The van der Waals surface area contributed by atoms with E-state index in [0.29, 0.717) is 25.0 Å². The van der Waals surface area contributed by atoms with E-state index in [-0.39, 0.29) is 24.8 Å². The van der Waals surface area contributed by atoms with Gasteiger partial charge in [0.2, 0.25) is 0 Å². The van der Waals surface area contributed by atoms with Crippen LogP contribution in [-0.4, -0.2) is 49.8 Å². The summed E-state index contributed by atoms with van der Waals surface area (Å²) >= 11 is 11.4. The third-order valence-corrected chi connectivity index (χ3v) is 3.54. The third kappa shape index (κ3) is 4.23. The number of halogens is 2. The number of rotatable bonds is 6. The molecule has 0 amide bonds. The highest BCUT2D eigenvalue weighted by atomic mass is 35.5. The lowest BCUT2D eigenvalue weighted by Gasteiger charge is -2.12. The molecule has 2 rings (SSSR count). The molecule has 2 aliphatic heterocycles. The molecule has 0 radical (unpaired) electrons. The Morgan fingerprint density at radius 2 is 1.29 bits per heavy atom. The van der Waals surface area contributed by atoms with Crippen LogP contribution in [0.2, 0.25) is 0 Å². The number of alkyl halides is 2. The molecule has 0 saturated carbocycles. The van der Waals surface area contributed by atoms with Gasteiger partial charge in [0.1, 0.15) is 0 Å². The predicted molar refractivity (Wildman–Crippen MR) is 64.5 cm³/mol. The van der Waals surface area contributed by atoms with E-state index in [4.69, 9.17) is 42.1 Å². The lowest BCUT2D eigenvalue weighted by Crippen LogP contribution is -2.16. The average Bonchev–Trinajstić information content (AvgIpc) is 2.97. The standard InChI is InChI=1S/C11H18Cl2O4/c12-4-8-6-14-10(16-8)2-1-3-11-15-7-9(5-13)17-11/h8-11H,1-7H2. The fourth-order valence-corrected chi connectivity index (χ4v) is 2.26. The Bertz CT molecular complexity index is 208. The monoisotopic (exact) mass is 284 g/mol. The van der Waals surface area contributed by atoms with E-state index in [2.05, 4.69) is 0 Å². The molecule has 2 saturated heterocycles. The van der Waals surface area contributed by atoms with Crippen LogP contribution in [-0.2, 0) is 18.9 Å². The molecule has 2 heterocycles. The van der Waals surface area contributed by atoms with Crippen LogP contribution in [0.5, 0.6) is 0 Å². The second-order valence-electron chi connectivity index (χ2n) is 4.28. The maximum atomic E-state index is 5.69. The minimum absolute atomic E-state index is 0.0428. The molecule has 2 fully saturated rings. The molecular formula is C11H18Cl2O4. The van der Waals surface area contributed by atoms with Gasteiger partial charge in [0, 0.05) is 0 Å². The van der Waals surface area contributed by atoms with E-state index < -0.39 is 0 Å². The smallest absolute Gasteiger partial charge is 0.158 e. The number of ether oxygens (including phenoxy) is 4. The van der Waals surface area contributed by atoms with Crippen molar-refractivity contribution in [3.63, 3.8) is 0 Å². The van der Waals surface area contributed by atoms with Gasteiger partial charge in [-0.3, -0.25) is 0 Å². The molecule has 4 atom stereocenters. The molecule has 0 bridgehead atoms. The normalized spacial score (nSPS) is 37.8. The number of hydrogen-bond acceptors (Lipinski definition) is 4. The molecular weight excluding hydrogens is 267 g/mol. The Morgan fingerprint density at radius 1 is 0.824 bits per heavy atom. The minimum atomic E-state index is -0.121. The highest BCUT2D eigenvalue weighted by Gasteiger charge is 2.27. The van der Waals surface area contributed by atoms with Gasteiger partial charge >= 0.3 is 0 Å². The van der Waals surface area contributed by atoms with E-state index in [1.54, 1.807) is 0 Å². The first kappa shape index (κ1) is 13.8. The fourth-order valence-electron chi connectivity index (χ4n) is 1.93. The van der Waals surface area contributed by atoms with Gasteiger partial charge < -0.3 is 18.9 Å². The molecule has 0 aliphatic carbocycles. The summed E-state index contributed by atoms with van der Waals surface area (Å²) in [5.74, 6) is 0.978. The van der Waals surface area contributed by atoms with Gasteiger partial charge in [-0.25, -0.2) is 0 Å². The van der Waals surface area contributed by atoms with E-state index in [0.717, 1.165) is 19.3 Å². The van der Waals surface area contributed by atoms with Crippen molar-refractivity contribution in [1.82, 2.24) is 0 Å².